The zero-order valence-corrected chi connectivity index (χ0v) is 17.2. The summed E-state index contributed by atoms with van der Waals surface area (Å²) < 4.78 is 10.8. The molecule has 140 valence electrons. The van der Waals surface area contributed by atoms with Gasteiger partial charge in [0.15, 0.2) is 5.96 Å². The third-order valence-electron chi connectivity index (χ3n) is 4.13. The molecular formula is C19H25IN4O2. The number of aliphatic imine (C=N–C) groups is 1. The van der Waals surface area contributed by atoms with E-state index in [-0.39, 0.29) is 24.0 Å². The van der Waals surface area contributed by atoms with Gasteiger partial charge in [-0.3, -0.25) is 0 Å². The smallest absolute Gasteiger partial charge is 0.193 e. The standard InChI is InChI=1S/C19H24N4O2.HI/c1-24-18-9-5-3-7-16(18)22-19(20)21-14-15-6-2-4-8-17(15)23-10-12-25-13-11-23;/h2-9H,10-14H2,1H3,(H3,20,21,22);1H. The predicted octanol–water partition coefficient (Wildman–Crippen LogP) is 3.08. The number of methoxy groups -OCH3 is 1. The molecule has 6 nitrogen and oxygen atoms in total. The third-order valence-corrected chi connectivity index (χ3v) is 4.13. The van der Waals surface area contributed by atoms with Crippen molar-refractivity contribution in [3.05, 3.63) is 54.1 Å². The maximum atomic E-state index is 6.06. The second-order valence-corrected chi connectivity index (χ2v) is 5.75. The van der Waals surface area contributed by atoms with Crippen molar-refractivity contribution in [2.45, 2.75) is 6.54 Å². The van der Waals surface area contributed by atoms with Crippen LogP contribution in [0.3, 0.4) is 0 Å². The lowest BCUT2D eigenvalue weighted by Gasteiger charge is -2.30. The van der Waals surface area contributed by atoms with E-state index in [2.05, 4.69) is 33.4 Å². The summed E-state index contributed by atoms with van der Waals surface area (Å²) in [6.07, 6.45) is 0. The van der Waals surface area contributed by atoms with Crippen LogP contribution in [0.15, 0.2) is 53.5 Å². The van der Waals surface area contributed by atoms with Gasteiger partial charge in [0.1, 0.15) is 5.75 Å². The van der Waals surface area contributed by atoms with Crippen molar-refractivity contribution < 1.29 is 9.47 Å². The number of nitrogens with zero attached hydrogens (tertiary/aromatic N) is 2. The van der Waals surface area contributed by atoms with Gasteiger partial charge in [-0.1, -0.05) is 30.3 Å². The molecule has 26 heavy (non-hydrogen) atoms. The molecule has 0 aromatic heterocycles. The predicted molar refractivity (Wildman–Crippen MR) is 117 cm³/mol. The van der Waals surface area contributed by atoms with E-state index in [0.717, 1.165) is 43.3 Å². The first-order valence-corrected chi connectivity index (χ1v) is 8.38. The number of halogens is 1. The molecule has 1 aliphatic rings. The largest absolute Gasteiger partial charge is 0.495 e. The quantitative estimate of drug-likeness (QED) is 0.401. The molecule has 1 fully saturated rings. The van der Waals surface area contributed by atoms with Crippen LogP contribution in [0, 0.1) is 0 Å². The molecule has 3 N–H and O–H groups in total. The van der Waals surface area contributed by atoms with E-state index in [1.54, 1.807) is 7.11 Å². The molecule has 1 heterocycles. The highest BCUT2D eigenvalue weighted by Gasteiger charge is 2.14. The summed E-state index contributed by atoms with van der Waals surface area (Å²) in [6, 6.07) is 15.9. The monoisotopic (exact) mass is 468 g/mol. The molecule has 1 saturated heterocycles. The Kier molecular flexibility index (Phi) is 7.99. The summed E-state index contributed by atoms with van der Waals surface area (Å²) in [5, 5.41) is 3.10. The van der Waals surface area contributed by atoms with Crippen molar-refractivity contribution in [1.82, 2.24) is 0 Å². The minimum Gasteiger partial charge on any atom is -0.495 e. The van der Waals surface area contributed by atoms with Crippen molar-refractivity contribution in [2.75, 3.05) is 43.6 Å². The summed E-state index contributed by atoms with van der Waals surface area (Å²) in [6.45, 7) is 3.83. The average molecular weight is 468 g/mol. The molecule has 0 unspecified atom stereocenters. The van der Waals surface area contributed by atoms with Gasteiger partial charge >= 0.3 is 0 Å². The fraction of sp³-hybridized carbons (Fsp3) is 0.316. The van der Waals surface area contributed by atoms with E-state index in [0.29, 0.717) is 12.5 Å². The van der Waals surface area contributed by atoms with Crippen molar-refractivity contribution in [1.29, 1.82) is 0 Å². The van der Waals surface area contributed by atoms with E-state index in [9.17, 15) is 0 Å². The molecule has 0 radical (unpaired) electrons. The Hall–Kier alpha value is -2.00. The summed E-state index contributed by atoms with van der Waals surface area (Å²) in [7, 11) is 1.63. The maximum absolute atomic E-state index is 6.06. The van der Waals surface area contributed by atoms with E-state index in [1.807, 2.05) is 30.3 Å². The first kappa shape index (κ1) is 20.3. The van der Waals surface area contributed by atoms with Crippen LogP contribution in [0.2, 0.25) is 0 Å². The second-order valence-electron chi connectivity index (χ2n) is 5.75. The number of hydrogen-bond acceptors (Lipinski definition) is 4. The van der Waals surface area contributed by atoms with E-state index >= 15 is 0 Å². The number of nitrogens with two attached hydrogens (primary N) is 1. The number of anilines is 2. The Balaban J connectivity index is 0.00000243. The van der Waals surface area contributed by atoms with Gasteiger partial charge in [-0.05, 0) is 23.8 Å². The normalized spacial score (nSPS) is 14.5. The molecule has 7 heteroatoms. The Morgan fingerprint density at radius 3 is 2.62 bits per heavy atom. The van der Waals surface area contributed by atoms with Crippen LogP contribution in [0.1, 0.15) is 5.56 Å². The van der Waals surface area contributed by atoms with E-state index < -0.39 is 0 Å². The van der Waals surface area contributed by atoms with Crippen molar-refractivity contribution >= 4 is 41.3 Å². The van der Waals surface area contributed by atoms with Gasteiger partial charge in [-0.2, -0.15) is 0 Å². The molecule has 0 atom stereocenters. The molecule has 0 bridgehead atoms. The van der Waals surface area contributed by atoms with Crippen LogP contribution in [0.25, 0.3) is 0 Å². The number of rotatable bonds is 5. The number of ether oxygens (including phenoxy) is 2. The average Bonchev–Trinajstić information content (AvgIpc) is 2.68. The highest BCUT2D eigenvalue weighted by Crippen LogP contribution is 2.24. The van der Waals surface area contributed by atoms with Crippen LogP contribution in [0.5, 0.6) is 5.75 Å². The van der Waals surface area contributed by atoms with Gasteiger partial charge in [0, 0.05) is 18.8 Å². The Labute approximate surface area is 171 Å². The lowest BCUT2D eigenvalue weighted by Crippen LogP contribution is -2.36. The van der Waals surface area contributed by atoms with Crippen LogP contribution in [-0.4, -0.2) is 39.4 Å². The molecular weight excluding hydrogens is 443 g/mol. The molecule has 2 aromatic rings. The lowest BCUT2D eigenvalue weighted by atomic mass is 10.1. The number of benzene rings is 2. The number of para-hydroxylation sites is 3. The zero-order chi connectivity index (χ0) is 17.5. The van der Waals surface area contributed by atoms with E-state index in [1.165, 1.54) is 5.69 Å². The molecule has 0 amide bonds. The summed E-state index contributed by atoms with van der Waals surface area (Å²) >= 11 is 0. The van der Waals surface area contributed by atoms with Gasteiger partial charge < -0.3 is 25.4 Å². The Bertz CT molecular complexity index is 733. The van der Waals surface area contributed by atoms with Gasteiger partial charge in [0.05, 0.1) is 32.6 Å². The van der Waals surface area contributed by atoms with Gasteiger partial charge in [0.25, 0.3) is 0 Å². The number of morpholine rings is 1. The van der Waals surface area contributed by atoms with Crippen molar-refractivity contribution in [3.8, 4) is 5.75 Å². The first-order valence-electron chi connectivity index (χ1n) is 8.38. The Morgan fingerprint density at radius 2 is 1.85 bits per heavy atom. The topological polar surface area (TPSA) is 72.1 Å². The fourth-order valence-electron chi connectivity index (χ4n) is 2.85. The van der Waals surface area contributed by atoms with Crippen LogP contribution < -0.4 is 20.7 Å². The third kappa shape index (κ3) is 5.25. The molecule has 0 spiro atoms. The Morgan fingerprint density at radius 1 is 1.15 bits per heavy atom. The summed E-state index contributed by atoms with van der Waals surface area (Å²) in [5.74, 6) is 1.09. The minimum atomic E-state index is 0. The van der Waals surface area contributed by atoms with Crippen molar-refractivity contribution in [2.24, 2.45) is 10.7 Å². The first-order chi connectivity index (χ1) is 12.3. The number of guanidine groups is 1. The molecule has 1 aliphatic heterocycles. The van der Waals surface area contributed by atoms with E-state index in [4.69, 9.17) is 15.2 Å². The highest BCUT2D eigenvalue weighted by atomic mass is 127. The highest BCUT2D eigenvalue weighted by molar-refractivity contribution is 14.0. The minimum absolute atomic E-state index is 0. The van der Waals surface area contributed by atoms with Crippen LogP contribution in [-0.2, 0) is 11.3 Å². The number of hydrogen-bond donors (Lipinski definition) is 2. The van der Waals surface area contributed by atoms with Crippen molar-refractivity contribution in [3.63, 3.8) is 0 Å². The lowest BCUT2D eigenvalue weighted by molar-refractivity contribution is 0.122. The van der Waals surface area contributed by atoms with Gasteiger partial charge in [-0.25, -0.2) is 4.99 Å². The van der Waals surface area contributed by atoms with Gasteiger partial charge in [0.2, 0.25) is 0 Å². The SMILES string of the molecule is COc1ccccc1NC(N)=NCc1ccccc1N1CCOCC1.I. The summed E-state index contributed by atoms with van der Waals surface area (Å²) in [4.78, 5) is 6.82. The van der Waals surface area contributed by atoms with Crippen LogP contribution in [0.4, 0.5) is 11.4 Å². The fourth-order valence-corrected chi connectivity index (χ4v) is 2.85. The second kappa shape index (κ2) is 10.2. The van der Waals surface area contributed by atoms with Gasteiger partial charge in [-0.15, -0.1) is 24.0 Å². The number of nitrogens with one attached hydrogen (secondary N) is 1. The molecule has 0 saturated carbocycles. The van der Waals surface area contributed by atoms with Crippen LogP contribution >= 0.6 is 24.0 Å². The molecule has 2 aromatic carbocycles. The summed E-state index contributed by atoms with van der Waals surface area (Å²) in [5.41, 5.74) is 9.20. The maximum Gasteiger partial charge on any atom is 0.193 e. The zero-order valence-electron chi connectivity index (χ0n) is 14.9. The molecule has 0 aliphatic carbocycles. The molecule has 3 rings (SSSR count).